The van der Waals surface area contributed by atoms with Crippen LogP contribution in [0.2, 0.25) is 0 Å². The maximum atomic E-state index is 13.2. The fourth-order valence-corrected chi connectivity index (χ4v) is 1.78. The molecule has 2 rings (SSSR count). The Labute approximate surface area is 116 Å². The van der Waals surface area contributed by atoms with Crippen LogP contribution in [0.5, 0.6) is 5.75 Å². The molecule has 0 aliphatic rings. The number of carbonyl (C=O) groups is 1. The number of amides is 1. The van der Waals surface area contributed by atoms with Crippen LogP contribution in [0.25, 0.3) is 0 Å². The lowest BCUT2D eigenvalue weighted by Gasteiger charge is -2.09. The van der Waals surface area contributed by atoms with Gasteiger partial charge in [0.15, 0.2) is 0 Å². The molecule has 3 N–H and O–H groups in total. The van der Waals surface area contributed by atoms with Gasteiger partial charge >= 0.3 is 0 Å². The smallest absolute Gasteiger partial charge is 0.255 e. The summed E-state index contributed by atoms with van der Waals surface area (Å²) in [6, 6.07) is 9.15. The Morgan fingerprint density at radius 1 is 1.25 bits per heavy atom. The minimum atomic E-state index is -0.337. The lowest BCUT2D eigenvalue weighted by atomic mass is 10.1. The number of benzene rings is 2. The molecule has 1 amide bonds. The number of hydrogen-bond donors (Lipinski definition) is 2. The molecule has 104 valence electrons. The molecule has 0 aromatic heterocycles. The summed E-state index contributed by atoms with van der Waals surface area (Å²) in [6.45, 7) is 1.61. The summed E-state index contributed by atoms with van der Waals surface area (Å²) in [7, 11) is 1.50. The van der Waals surface area contributed by atoms with Crippen molar-refractivity contribution in [3.63, 3.8) is 0 Å². The molecule has 0 atom stereocenters. The Morgan fingerprint density at radius 3 is 2.65 bits per heavy atom. The molecule has 0 radical (unpaired) electrons. The van der Waals surface area contributed by atoms with Crippen molar-refractivity contribution in [3.8, 4) is 5.75 Å². The fourth-order valence-electron chi connectivity index (χ4n) is 1.78. The predicted octanol–water partition coefficient (Wildman–Crippen LogP) is 2.98. The molecule has 5 heteroatoms. The van der Waals surface area contributed by atoms with Crippen molar-refractivity contribution < 1.29 is 13.9 Å². The van der Waals surface area contributed by atoms with Crippen LogP contribution in [0.15, 0.2) is 36.4 Å². The van der Waals surface area contributed by atoms with E-state index >= 15 is 0 Å². The molecule has 2 aromatic carbocycles. The van der Waals surface area contributed by atoms with Gasteiger partial charge in [0.05, 0.1) is 12.8 Å². The summed E-state index contributed by atoms with van der Waals surface area (Å²) in [4.78, 5) is 12.1. The molecule has 0 fully saturated rings. The van der Waals surface area contributed by atoms with Crippen LogP contribution in [0.3, 0.4) is 0 Å². The van der Waals surface area contributed by atoms with Gasteiger partial charge in [0.1, 0.15) is 11.6 Å². The molecule has 0 aliphatic carbocycles. The van der Waals surface area contributed by atoms with E-state index < -0.39 is 0 Å². The van der Waals surface area contributed by atoms with Crippen molar-refractivity contribution in [1.29, 1.82) is 0 Å². The monoisotopic (exact) mass is 274 g/mol. The Kier molecular flexibility index (Phi) is 3.89. The number of carbonyl (C=O) groups excluding carboxylic acids is 1. The van der Waals surface area contributed by atoms with E-state index in [0.29, 0.717) is 28.3 Å². The summed E-state index contributed by atoms with van der Waals surface area (Å²) in [5.41, 5.74) is 7.56. The number of nitrogens with one attached hydrogen (secondary N) is 1. The number of methoxy groups -OCH3 is 1. The first-order valence-electron chi connectivity index (χ1n) is 6.02. The molecule has 0 saturated carbocycles. The Hall–Kier alpha value is -2.56. The van der Waals surface area contributed by atoms with Gasteiger partial charge in [0.25, 0.3) is 5.91 Å². The van der Waals surface area contributed by atoms with E-state index in [-0.39, 0.29) is 11.7 Å². The molecule has 0 spiro atoms. The minimum absolute atomic E-state index is 0.320. The lowest BCUT2D eigenvalue weighted by Crippen LogP contribution is -2.12. The zero-order valence-corrected chi connectivity index (χ0v) is 11.2. The molecule has 0 unspecified atom stereocenters. The molecule has 4 nitrogen and oxygen atoms in total. The Bertz CT molecular complexity index is 656. The molecule has 20 heavy (non-hydrogen) atoms. The maximum Gasteiger partial charge on any atom is 0.255 e. The Balaban J connectivity index is 2.21. The summed E-state index contributed by atoms with van der Waals surface area (Å²) in [5.74, 6) is -0.172. The average molecular weight is 274 g/mol. The number of nitrogens with two attached hydrogens (primary N) is 1. The van der Waals surface area contributed by atoms with E-state index in [9.17, 15) is 9.18 Å². The van der Waals surface area contributed by atoms with Crippen molar-refractivity contribution in [3.05, 3.63) is 53.3 Å². The average Bonchev–Trinajstić information content (AvgIpc) is 2.43. The van der Waals surface area contributed by atoms with Gasteiger partial charge in [-0.3, -0.25) is 4.79 Å². The number of rotatable bonds is 3. The van der Waals surface area contributed by atoms with Crippen molar-refractivity contribution in [2.24, 2.45) is 0 Å². The molecule has 0 heterocycles. The van der Waals surface area contributed by atoms with Gasteiger partial charge in [-0.25, -0.2) is 4.39 Å². The van der Waals surface area contributed by atoms with Gasteiger partial charge in [-0.05, 0) is 42.8 Å². The van der Waals surface area contributed by atoms with E-state index in [1.54, 1.807) is 25.1 Å². The van der Waals surface area contributed by atoms with E-state index in [1.165, 1.54) is 25.3 Å². The van der Waals surface area contributed by atoms with Gasteiger partial charge < -0.3 is 15.8 Å². The maximum absolute atomic E-state index is 13.2. The van der Waals surface area contributed by atoms with Crippen LogP contribution in [0.4, 0.5) is 15.8 Å². The van der Waals surface area contributed by atoms with Gasteiger partial charge in [-0.15, -0.1) is 0 Å². The molecular formula is C15H15FN2O2. The highest BCUT2D eigenvalue weighted by Crippen LogP contribution is 2.25. The number of halogens is 1. The van der Waals surface area contributed by atoms with E-state index in [2.05, 4.69) is 5.32 Å². The van der Waals surface area contributed by atoms with Gasteiger partial charge in [0, 0.05) is 17.3 Å². The van der Waals surface area contributed by atoms with Crippen LogP contribution in [0.1, 0.15) is 15.9 Å². The fraction of sp³-hybridized carbons (Fsp3) is 0.133. The third-order valence-corrected chi connectivity index (χ3v) is 2.91. The van der Waals surface area contributed by atoms with E-state index in [1.807, 2.05) is 0 Å². The minimum Gasteiger partial charge on any atom is -0.495 e. The molecule has 0 saturated heterocycles. The molecule has 2 aromatic rings. The van der Waals surface area contributed by atoms with Crippen LogP contribution in [-0.2, 0) is 0 Å². The van der Waals surface area contributed by atoms with Crippen molar-refractivity contribution >= 4 is 17.3 Å². The summed E-state index contributed by atoms with van der Waals surface area (Å²) in [5, 5.41) is 2.71. The van der Waals surface area contributed by atoms with E-state index in [0.717, 1.165) is 0 Å². The highest BCUT2D eigenvalue weighted by molar-refractivity contribution is 6.04. The van der Waals surface area contributed by atoms with Gasteiger partial charge in [-0.2, -0.15) is 0 Å². The highest BCUT2D eigenvalue weighted by atomic mass is 19.1. The number of hydrogen-bond acceptors (Lipinski definition) is 3. The third-order valence-electron chi connectivity index (χ3n) is 2.91. The van der Waals surface area contributed by atoms with Crippen LogP contribution >= 0.6 is 0 Å². The lowest BCUT2D eigenvalue weighted by molar-refractivity contribution is 0.102. The SMILES string of the molecule is COc1cc(NC(=O)c2ccc(F)c(C)c2)ccc1N. The first kappa shape index (κ1) is 13.9. The number of nitrogen functional groups attached to an aromatic ring is 1. The highest BCUT2D eigenvalue weighted by Gasteiger charge is 2.09. The largest absolute Gasteiger partial charge is 0.495 e. The normalized spacial score (nSPS) is 10.2. The zero-order valence-electron chi connectivity index (χ0n) is 11.2. The van der Waals surface area contributed by atoms with Crippen LogP contribution in [0, 0.1) is 12.7 Å². The number of aryl methyl sites for hydroxylation is 1. The van der Waals surface area contributed by atoms with Crippen LogP contribution < -0.4 is 15.8 Å². The second-order valence-electron chi connectivity index (χ2n) is 4.37. The molecular weight excluding hydrogens is 259 g/mol. The van der Waals surface area contributed by atoms with Crippen molar-refractivity contribution in [2.45, 2.75) is 6.92 Å². The first-order valence-corrected chi connectivity index (χ1v) is 6.02. The summed E-state index contributed by atoms with van der Waals surface area (Å²) < 4.78 is 18.3. The van der Waals surface area contributed by atoms with Crippen molar-refractivity contribution in [2.75, 3.05) is 18.2 Å². The quantitative estimate of drug-likeness (QED) is 0.846. The predicted molar refractivity (Wildman–Crippen MR) is 76.5 cm³/mol. The standard InChI is InChI=1S/C15H15FN2O2/c1-9-7-10(3-5-12(9)16)15(19)18-11-4-6-13(17)14(8-11)20-2/h3-8H,17H2,1-2H3,(H,18,19). The van der Waals surface area contributed by atoms with Gasteiger partial charge in [0.2, 0.25) is 0 Å². The summed E-state index contributed by atoms with van der Waals surface area (Å²) in [6.07, 6.45) is 0. The van der Waals surface area contributed by atoms with Crippen LogP contribution in [-0.4, -0.2) is 13.0 Å². The first-order chi connectivity index (χ1) is 9.51. The van der Waals surface area contributed by atoms with E-state index in [4.69, 9.17) is 10.5 Å². The third kappa shape index (κ3) is 2.88. The Morgan fingerprint density at radius 2 is 2.00 bits per heavy atom. The number of ether oxygens (including phenoxy) is 1. The van der Waals surface area contributed by atoms with Gasteiger partial charge in [-0.1, -0.05) is 0 Å². The molecule has 0 aliphatic heterocycles. The second-order valence-corrected chi connectivity index (χ2v) is 4.37. The van der Waals surface area contributed by atoms with Crippen molar-refractivity contribution in [1.82, 2.24) is 0 Å². The summed E-state index contributed by atoms with van der Waals surface area (Å²) >= 11 is 0. The zero-order chi connectivity index (χ0) is 14.7. The second kappa shape index (κ2) is 5.61. The molecule has 0 bridgehead atoms. The topological polar surface area (TPSA) is 64.3 Å². The number of anilines is 2.